The Morgan fingerprint density at radius 2 is 2.17 bits per heavy atom. The molecule has 4 rings (SSSR count). The van der Waals surface area contributed by atoms with Crippen molar-refractivity contribution in [3.63, 3.8) is 0 Å². The maximum Gasteiger partial charge on any atom is 0.277 e. The molecule has 1 aromatic carbocycles. The number of amides is 2. The van der Waals surface area contributed by atoms with E-state index in [2.05, 4.69) is 5.32 Å². The number of nitrogens with one attached hydrogen (secondary N) is 1. The number of nitrogens with zero attached hydrogens (tertiary/aromatic N) is 1. The highest BCUT2D eigenvalue weighted by atomic mass is 16.5. The van der Waals surface area contributed by atoms with E-state index in [0.717, 1.165) is 36.4 Å². The summed E-state index contributed by atoms with van der Waals surface area (Å²) in [5.74, 6) is -0.0321. The van der Waals surface area contributed by atoms with E-state index in [4.69, 9.17) is 4.74 Å². The predicted octanol–water partition coefficient (Wildman–Crippen LogP) is 1.16. The van der Waals surface area contributed by atoms with Crippen LogP contribution in [-0.2, 0) is 22.4 Å². The van der Waals surface area contributed by atoms with E-state index in [0.29, 0.717) is 31.7 Å². The minimum atomic E-state index is -0.370. The van der Waals surface area contributed by atoms with Gasteiger partial charge in [0.2, 0.25) is 5.91 Å². The van der Waals surface area contributed by atoms with Gasteiger partial charge in [0, 0.05) is 29.9 Å². The van der Waals surface area contributed by atoms with Gasteiger partial charge in [0.1, 0.15) is 0 Å². The fourth-order valence-corrected chi connectivity index (χ4v) is 3.98. The van der Waals surface area contributed by atoms with Crippen molar-refractivity contribution in [3.8, 4) is 0 Å². The number of hydrogen-bond donors (Lipinski definition) is 2. The lowest BCUT2D eigenvalue weighted by Crippen LogP contribution is -2.40. The highest BCUT2D eigenvalue weighted by Gasteiger charge is 2.41. The van der Waals surface area contributed by atoms with Gasteiger partial charge >= 0.3 is 0 Å². The molecule has 2 fully saturated rings. The summed E-state index contributed by atoms with van der Waals surface area (Å²) >= 11 is 0. The smallest absolute Gasteiger partial charge is 0.277 e. The number of carbonyl (C=O) groups excluding carboxylic acids is 2. The average molecular weight is 330 g/mol. The minimum absolute atomic E-state index is 0.00603. The molecule has 1 spiro atoms. The van der Waals surface area contributed by atoms with E-state index >= 15 is 0 Å². The van der Waals surface area contributed by atoms with Gasteiger partial charge in [-0.05, 0) is 42.5 Å². The zero-order chi connectivity index (χ0) is 16.7. The summed E-state index contributed by atoms with van der Waals surface area (Å²) in [5, 5.41) is 13.8. The molecule has 128 valence electrons. The maximum atomic E-state index is 12.4. The van der Waals surface area contributed by atoms with Crippen LogP contribution in [0.25, 0.3) is 0 Å². The lowest BCUT2D eigenvalue weighted by molar-refractivity contribution is -0.119. The predicted molar refractivity (Wildman–Crippen MR) is 85.7 cm³/mol. The first-order chi connectivity index (χ1) is 11.5. The number of aryl methyl sites for hydroxylation is 1. The van der Waals surface area contributed by atoms with E-state index in [1.54, 1.807) is 6.07 Å². The van der Waals surface area contributed by atoms with Gasteiger partial charge in [-0.3, -0.25) is 14.8 Å². The van der Waals surface area contributed by atoms with Crippen LogP contribution in [0.2, 0.25) is 0 Å². The van der Waals surface area contributed by atoms with Gasteiger partial charge in [-0.15, -0.1) is 0 Å². The molecule has 2 saturated heterocycles. The fraction of sp³-hybridized carbons (Fsp3) is 0.556. The van der Waals surface area contributed by atoms with Crippen LogP contribution in [0.3, 0.4) is 0 Å². The zero-order valence-corrected chi connectivity index (χ0v) is 13.6. The van der Waals surface area contributed by atoms with E-state index in [9.17, 15) is 14.8 Å². The second-order valence-electron chi connectivity index (χ2n) is 7.40. The largest absolute Gasteiger partial charge is 0.381 e. The SMILES string of the molecule is O=C1C[C@]2(CCc3ccc(C(=O)N(O)CC4COC4)cc3C2)CN1. The lowest BCUT2D eigenvalue weighted by Gasteiger charge is -2.33. The molecule has 0 aromatic heterocycles. The molecule has 3 aliphatic rings. The molecule has 0 bridgehead atoms. The second-order valence-corrected chi connectivity index (χ2v) is 7.40. The quantitative estimate of drug-likeness (QED) is 0.644. The Balaban J connectivity index is 1.51. The Hall–Kier alpha value is -1.92. The Kier molecular flexibility index (Phi) is 3.81. The van der Waals surface area contributed by atoms with E-state index in [1.165, 1.54) is 5.56 Å². The van der Waals surface area contributed by atoms with Crippen molar-refractivity contribution < 1.29 is 19.5 Å². The first-order valence-corrected chi connectivity index (χ1v) is 8.52. The van der Waals surface area contributed by atoms with Gasteiger partial charge < -0.3 is 10.1 Å². The molecule has 6 heteroatoms. The Morgan fingerprint density at radius 1 is 1.33 bits per heavy atom. The van der Waals surface area contributed by atoms with Crippen LogP contribution < -0.4 is 5.32 Å². The monoisotopic (exact) mass is 330 g/mol. The van der Waals surface area contributed by atoms with Crippen LogP contribution in [-0.4, -0.2) is 48.4 Å². The van der Waals surface area contributed by atoms with Crippen LogP contribution >= 0.6 is 0 Å². The van der Waals surface area contributed by atoms with Gasteiger partial charge in [-0.2, -0.15) is 0 Å². The molecular weight excluding hydrogens is 308 g/mol. The Bertz CT molecular complexity index is 686. The fourth-order valence-electron chi connectivity index (χ4n) is 3.98. The van der Waals surface area contributed by atoms with Crippen LogP contribution in [0.1, 0.15) is 34.3 Å². The molecular formula is C18H22N2O4. The van der Waals surface area contributed by atoms with Crippen molar-refractivity contribution in [3.05, 3.63) is 34.9 Å². The number of carbonyl (C=O) groups is 2. The van der Waals surface area contributed by atoms with Crippen molar-refractivity contribution in [2.45, 2.75) is 25.7 Å². The van der Waals surface area contributed by atoms with Crippen LogP contribution in [0.5, 0.6) is 0 Å². The summed E-state index contributed by atoms with van der Waals surface area (Å²) in [7, 11) is 0. The van der Waals surface area contributed by atoms with Gasteiger partial charge in [0.15, 0.2) is 0 Å². The molecule has 2 aliphatic heterocycles. The summed E-state index contributed by atoms with van der Waals surface area (Å²) < 4.78 is 5.08. The first-order valence-electron chi connectivity index (χ1n) is 8.52. The summed E-state index contributed by atoms with van der Waals surface area (Å²) in [6.07, 6.45) is 3.31. The summed E-state index contributed by atoms with van der Waals surface area (Å²) in [6.45, 7) is 2.21. The summed E-state index contributed by atoms with van der Waals surface area (Å²) in [5.41, 5.74) is 2.87. The highest BCUT2D eigenvalue weighted by molar-refractivity contribution is 5.93. The number of hydroxylamine groups is 2. The molecule has 6 nitrogen and oxygen atoms in total. The number of hydrogen-bond acceptors (Lipinski definition) is 4. The number of fused-ring (bicyclic) bond motifs is 1. The lowest BCUT2D eigenvalue weighted by atomic mass is 9.71. The molecule has 1 atom stereocenters. The van der Waals surface area contributed by atoms with E-state index in [1.807, 2.05) is 12.1 Å². The molecule has 24 heavy (non-hydrogen) atoms. The highest BCUT2D eigenvalue weighted by Crippen LogP contribution is 2.40. The summed E-state index contributed by atoms with van der Waals surface area (Å²) in [4.78, 5) is 24.1. The first kappa shape index (κ1) is 15.6. The second kappa shape index (κ2) is 5.86. The zero-order valence-electron chi connectivity index (χ0n) is 13.6. The third-order valence-electron chi connectivity index (χ3n) is 5.51. The third-order valence-corrected chi connectivity index (χ3v) is 5.51. The molecule has 2 amide bonds. The number of ether oxygens (including phenoxy) is 1. The van der Waals surface area contributed by atoms with E-state index in [-0.39, 0.29) is 23.1 Å². The van der Waals surface area contributed by atoms with Crippen molar-refractivity contribution in [1.82, 2.24) is 10.4 Å². The van der Waals surface area contributed by atoms with Crippen LogP contribution in [0.4, 0.5) is 0 Å². The molecule has 1 aliphatic carbocycles. The van der Waals surface area contributed by atoms with Crippen molar-refractivity contribution in [2.24, 2.45) is 11.3 Å². The molecule has 2 heterocycles. The maximum absolute atomic E-state index is 12.4. The van der Waals surface area contributed by atoms with Crippen molar-refractivity contribution in [2.75, 3.05) is 26.3 Å². The molecule has 1 aromatic rings. The Morgan fingerprint density at radius 3 is 2.83 bits per heavy atom. The number of rotatable bonds is 3. The topological polar surface area (TPSA) is 78.9 Å². The van der Waals surface area contributed by atoms with Crippen molar-refractivity contribution >= 4 is 11.8 Å². The van der Waals surface area contributed by atoms with Gasteiger partial charge in [-0.25, -0.2) is 5.06 Å². The van der Waals surface area contributed by atoms with Gasteiger partial charge in [0.05, 0.1) is 19.8 Å². The average Bonchev–Trinajstić information content (AvgIpc) is 2.89. The summed E-state index contributed by atoms with van der Waals surface area (Å²) in [6, 6.07) is 5.67. The molecule has 2 N–H and O–H groups in total. The standard InChI is InChI=1S/C18H22N2O4/c21-16-7-18(11-19-16)4-3-13-1-2-14(5-15(13)6-18)17(22)20(23)8-12-9-24-10-12/h1-2,5,12,23H,3-4,6-11H2,(H,19,21)/t18-/m1/s1. The van der Waals surface area contributed by atoms with Crippen molar-refractivity contribution in [1.29, 1.82) is 0 Å². The molecule has 0 unspecified atom stereocenters. The number of benzene rings is 1. The minimum Gasteiger partial charge on any atom is -0.381 e. The van der Waals surface area contributed by atoms with Gasteiger partial charge in [-0.1, -0.05) is 6.07 Å². The molecule has 0 saturated carbocycles. The normalized spacial score (nSPS) is 26.0. The van der Waals surface area contributed by atoms with Gasteiger partial charge in [0.25, 0.3) is 5.91 Å². The molecule has 0 radical (unpaired) electrons. The van der Waals surface area contributed by atoms with E-state index < -0.39 is 0 Å². The third kappa shape index (κ3) is 2.80. The Labute approximate surface area is 140 Å². The van der Waals surface area contributed by atoms with Crippen LogP contribution in [0, 0.1) is 11.3 Å². The van der Waals surface area contributed by atoms with Crippen LogP contribution in [0.15, 0.2) is 18.2 Å².